The molecule has 0 fully saturated rings. The van der Waals surface area contributed by atoms with Crippen LogP contribution in [0.2, 0.25) is 0 Å². The molecule has 0 saturated heterocycles. The maximum Gasteiger partial charge on any atom is 0.252 e. The van der Waals surface area contributed by atoms with Crippen molar-refractivity contribution < 1.29 is 17.9 Å². The molecule has 1 N–H and O–H groups in total. The lowest BCUT2D eigenvalue weighted by Gasteiger charge is -2.19. The molecule has 144 valence electrons. The number of amides is 1. The quantitative estimate of drug-likeness (QED) is 0.663. The Bertz CT molecular complexity index is 1020. The van der Waals surface area contributed by atoms with E-state index in [0.29, 0.717) is 16.9 Å². The first kappa shape index (κ1) is 19.6. The molecule has 7 heteroatoms. The molecule has 1 unspecified atom stereocenters. The van der Waals surface area contributed by atoms with Crippen LogP contribution in [0.15, 0.2) is 84.0 Å². The van der Waals surface area contributed by atoms with Crippen LogP contribution in [0.5, 0.6) is 5.75 Å². The zero-order valence-electron chi connectivity index (χ0n) is 15.3. The number of carbonyl (C=O) groups excluding carboxylic acids is 1. The van der Waals surface area contributed by atoms with Gasteiger partial charge in [-0.1, -0.05) is 30.3 Å². The minimum atomic E-state index is -3.74. The molecule has 3 rings (SSSR count). The lowest BCUT2D eigenvalue weighted by Crippen LogP contribution is -2.32. The lowest BCUT2D eigenvalue weighted by molar-refractivity contribution is 0.0953. The fourth-order valence-corrected chi connectivity index (χ4v) is 4.45. The summed E-state index contributed by atoms with van der Waals surface area (Å²) in [6.07, 6.45) is 3.00. The fourth-order valence-electron chi connectivity index (χ4n) is 2.79. The van der Waals surface area contributed by atoms with Gasteiger partial charge in [0.25, 0.3) is 5.91 Å². The number of pyridine rings is 1. The van der Waals surface area contributed by atoms with Crippen molar-refractivity contribution >= 4 is 15.7 Å². The van der Waals surface area contributed by atoms with Crippen molar-refractivity contribution in [1.29, 1.82) is 0 Å². The van der Waals surface area contributed by atoms with E-state index >= 15 is 0 Å². The molecule has 1 atom stereocenters. The number of benzene rings is 2. The number of hydrogen-bond acceptors (Lipinski definition) is 5. The van der Waals surface area contributed by atoms with E-state index in [2.05, 4.69) is 10.3 Å². The number of carbonyl (C=O) groups is 1. The molecule has 0 radical (unpaired) electrons. The Kier molecular flexibility index (Phi) is 6.06. The minimum absolute atomic E-state index is 0.0634. The van der Waals surface area contributed by atoms with Gasteiger partial charge < -0.3 is 10.1 Å². The second-order valence-corrected chi connectivity index (χ2v) is 8.20. The van der Waals surface area contributed by atoms with Gasteiger partial charge in [0.05, 0.1) is 17.6 Å². The molecule has 1 aromatic heterocycles. The molecule has 6 nitrogen and oxygen atoms in total. The van der Waals surface area contributed by atoms with Crippen LogP contribution in [0.25, 0.3) is 0 Å². The largest absolute Gasteiger partial charge is 0.497 e. The highest BCUT2D eigenvalue weighted by atomic mass is 32.2. The third-order valence-corrected chi connectivity index (χ3v) is 6.42. The van der Waals surface area contributed by atoms with Gasteiger partial charge in [-0.05, 0) is 42.0 Å². The molecule has 0 bridgehead atoms. The second kappa shape index (κ2) is 8.67. The standard InChI is InChI=1S/C21H20N2O4S/c1-27-18-9-11-19(12-10-18)28(25,26)20(16-6-3-2-4-7-16)15-23-21(24)17-8-5-13-22-14-17/h2-14,20H,15H2,1H3,(H,23,24). The van der Waals surface area contributed by atoms with Gasteiger partial charge in [0.2, 0.25) is 0 Å². The Hall–Kier alpha value is -3.19. The van der Waals surface area contributed by atoms with Crippen molar-refractivity contribution in [3.05, 3.63) is 90.3 Å². The van der Waals surface area contributed by atoms with Crippen LogP contribution in [-0.2, 0) is 9.84 Å². The van der Waals surface area contributed by atoms with Crippen LogP contribution in [0, 0.1) is 0 Å². The monoisotopic (exact) mass is 396 g/mol. The molecule has 1 heterocycles. The molecule has 1 amide bonds. The van der Waals surface area contributed by atoms with E-state index in [1.54, 1.807) is 54.7 Å². The van der Waals surface area contributed by atoms with Gasteiger partial charge in [0.15, 0.2) is 9.84 Å². The van der Waals surface area contributed by atoms with Crippen LogP contribution < -0.4 is 10.1 Å². The highest BCUT2D eigenvalue weighted by molar-refractivity contribution is 7.91. The molecule has 0 aliphatic rings. The van der Waals surface area contributed by atoms with E-state index in [9.17, 15) is 13.2 Å². The molecule has 0 spiro atoms. The fraction of sp³-hybridized carbons (Fsp3) is 0.143. The Morgan fingerprint density at radius 2 is 1.75 bits per heavy atom. The van der Waals surface area contributed by atoms with Crippen molar-refractivity contribution in [1.82, 2.24) is 10.3 Å². The Labute approximate surface area is 164 Å². The van der Waals surface area contributed by atoms with Gasteiger partial charge >= 0.3 is 0 Å². The molecular formula is C21H20N2O4S. The van der Waals surface area contributed by atoms with E-state index < -0.39 is 15.1 Å². The summed E-state index contributed by atoms with van der Waals surface area (Å²) in [4.78, 5) is 16.4. The zero-order valence-corrected chi connectivity index (χ0v) is 16.1. The number of sulfone groups is 1. The normalized spacial score (nSPS) is 12.2. The molecule has 28 heavy (non-hydrogen) atoms. The number of ether oxygens (including phenoxy) is 1. The van der Waals surface area contributed by atoms with Crippen LogP contribution in [0.1, 0.15) is 21.2 Å². The van der Waals surface area contributed by atoms with E-state index in [0.717, 1.165) is 0 Å². The van der Waals surface area contributed by atoms with E-state index in [1.807, 2.05) is 6.07 Å². The topological polar surface area (TPSA) is 85.4 Å². The highest BCUT2D eigenvalue weighted by Crippen LogP contribution is 2.29. The second-order valence-electron chi connectivity index (χ2n) is 6.07. The summed E-state index contributed by atoms with van der Waals surface area (Å²) < 4.78 is 31.7. The number of rotatable bonds is 7. The van der Waals surface area contributed by atoms with Crippen molar-refractivity contribution in [2.45, 2.75) is 10.1 Å². The SMILES string of the molecule is COc1ccc(S(=O)(=O)C(CNC(=O)c2cccnc2)c2ccccc2)cc1. The van der Waals surface area contributed by atoms with Gasteiger partial charge in [-0.3, -0.25) is 9.78 Å². The summed E-state index contributed by atoms with van der Waals surface area (Å²) in [5.74, 6) is 0.194. The number of hydrogen-bond donors (Lipinski definition) is 1. The third-order valence-electron chi connectivity index (χ3n) is 4.31. The zero-order chi connectivity index (χ0) is 20.0. The summed E-state index contributed by atoms with van der Waals surface area (Å²) in [6, 6.07) is 18.3. The van der Waals surface area contributed by atoms with E-state index in [4.69, 9.17) is 4.74 Å². The smallest absolute Gasteiger partial charge is 0.252 e. The van der Waals surface area contributed by atoms with E-state index in [-0.39, 0.29) is 17.3 Å². The average Bonchev–Trinajstić information content (AvgIpc) is 2.75. The number of aromatic nitrogens is 1. The van der Waals surface area contributed by atoms with Gasteiger partial charge in [-0.25, -0.2) is 8.42 Å². The summed E-state index contributed by atoms with van der Waals surface area (Å²) in [5.41, 5.74) is 0.973. The van der Waals surface area contributed by atoms with Crippen molar-refractivity contribution in [2.75, 3.05) is 13.7 Å². The number of methoxy groups -OCH3 is 1. The summed E-state index contributed by atoms with van der Waals surface area (Å²) in [6.45, 7) is -0.0634. The van der Waals surface area contributed by atoms with Gasteiger partial charge in [-0.2, -0.15) is 0 Å². The average molecular weight is 396 g/mol. The number of nitrogens with one attached hydrogen (secondary N) is 1. The molecule has 0 aliphatic heterocycles. The summed E-state index contributed by atoms with van der Waals surface area (Å²) in [5, 5.41) is 1.79. The predicted molar refractivity (Wildman–Crippen MR) is 106 cm³/mol. The van der Waals surface area contributed by atoms with Gasteiger partial charge in [-0.15, -0.1) is 0 Å². The Balaban J connectivity index is 1.89. The Morgan fingerprint density at radius 1 is 1.04 bits per heavy atom. The highest BCUT2D eigenvalue weighted by Gasteiger charge is 2.29. The van der Waals surface area contributed by atoms with Gasteiger partial charge in [0, 0.05) is 18.9 Å². The molecule has 3 aromatic rings. The van der Waals surface area contributed by atoms with Crippen molar-refractivity contribution in [3.63, 3.8) is 0 Å². The summed E-state index contributed by atoms with van der Waals surface area (Å²) >= 11 is 0. The van der Waals surface area contributed by atoms with E-state index in [1.165, 1.54) is 25.4 Å². The first-order valence-electron chi connectivity index (χ1n) is 8.63. The van der Waals surface area contributed by atoms with Crippen LogP contribution in [0.4, 0.5) is 0 Å². The first-order valence-corrected chi connectivity index (χ1v) is 10.2. The molecule has 2 aromatic carbocycles. The van der Waals surface area contributed by atoms with Crippen LogP contribution in [-0.4, -0.2) is 33.0 Å². The molecule has 0 aliphatic carbocycles. The summed E-state index contributed by atoms with van der Waals surface area (Å²) in [7, 11) is -2.22. The van der Waals surface area contributed by atoms with Crippen LogP contribution in [0.3, 0.4) is 0 Å². The lowest BCUT2D eigenvalue weighted by atomic mass is 10.1. The minimum Gasteiger partial charge on any atom is -0.497 e. The predicted octanol–water partition coefficient (Wildman–Crippen LogP) is 3.04. The van der Waals surface area contributed by atoms with Crippen LogP contribution >= 0.6 is 0 Å². The molecular weight excluding hydrogens is 376 g/mol. The maximum atomic E-state index is 13.3. The number of nitrogens with zero attached hydrogens (tertiary/aromatic N) is 1. The Morgan fingerprint density at radius 3 is 2.36 bits per heavy atom. The van der Waals surface area contributed by atoms with Crippen molar-refractivity contribution in [3.8, 4) is 5.75 Å². The first-order chi connectivity index (χ1) is 13.5. The third kappa shape index (κ3) is 4.37. The van der Waals surface area contributed by atoms with Gasteiger partial charge in [0.1, 0.15) is 11.0 Å². The maximum absolute atomic E-state index is 13.3. The molecule has 0 saturated carbocycles. The van der Waals surface area contributed by atoms with Crippen molar-refractivity contribution in [2.24, 2.45) is 0 Å².